The van der Waals surface area contributed by atoms with Gasteiger partial charge in [-0.1, -0.05) is 41.0 Å². The number of hydrogen-bond donors (Lipinski definition) is 0. The fourth-order valence-electron chi connectivity index (χ4n) is 2.67. The Morgan fingerprint density at radius 3 is 2.40 bits per heavy atom. The minimum absolute atomic E-state index is 0.0246. The first-order chi connectivity index (χ1) is 6.79. The highest BCUT2D eigenvalue weighted by molar-refractivity contribution is 6.00. The minimum Gasteiger partial charge on any atom is -0.294 e. The molecule has 0 bridgehead atoms. The quantitative estimate of drug-likeness (QED) is 0.603. The Kier molecular flexibility index (Phi) is 3.09. The van der Waals surface area contributed by atoms with Crippen LogP contribution in [-0.2, 0) is 4.79 Å². The molecule has 86 valence electrons. The molecular weight excluding hydrogens is 191 g/mol. The highest BCUT2D eigenvalue weighted by Gasteiger charge is 2.49. The molecule has 0 aliphatic heterocycles. The van der Waals surface area contributed by atoms with Crippen molar-refractivity contribution in [3.63, 3.8) is 0 Å². The predicted molar refractivity (Wildman–Crippen MR) is 60.2 cm³/mol. The van der Waals surface area contributed by atoms with Crippen molar-refractivity contribution in [1.29, 1.82) is 0 Å². The summed E-state index contributed by atoms with van der Waals surface area (Å²) in [4.78, 5) is 12.0. The van der Waals surface area contributed by atoms with Crippen LogP contribution in [0.25, 0.3) is 0 Å². The molecule has 1 fully saturated rings. The van der Waals surface area contributed by atoms with Crippen LogP contribution in [-0.4, -0.2) is 5.78 Å². The number of allylic oxidation sites excluding steroid dienone is 1. The van der Waals surface area contributed by atoms with Gasteiger partial charge in [0.2, 0.25) is 0 Å². The van der Waals surface area contributed by atoms with Crippen molar-refractivity contribution in [2.45, 2.75) is 47.5 Å². The summed E-state index contributed by atoms with van der Waals surface area (Å²) in [7, 11) is 0. The van der Waals surface area contributed by atoms with Gasteiger partial charge in [-0.2, -0.15) is 0 Å². The third-order valence-corrected chi connectivity index (χ3v) is 4.54. The molecule has 2 atom stereocenters. The first-order valence-corrected chi connectivity index (χ1v) is 5.63. The summed E-state index contributed by atoms with van der Waals surface area (Å²) < 4.78 is 12.7. The monoisotopic (exact) mass is 212 g/mol. The van der Waals surface area contributed by atoms with Crippen molar-refractivity contribution in [3.05, 3.63) is 11.9 Å². The van der Waals surface area contributed by atoms with E-state index in [0.717, 1.165) is 6.42 Å². The minimum atomic E-state index is -0.444. The van der Waals surface area contributed by atoms with Crippen LogP contribution in [0.3, 0.4) is 0 Å². The van der Waals surface area contributed by atoms with Crippen LogP contribution in [0.15, 0.2) is 11.9 Å². The van der Waals surface area contributed by atoms with Gasteiger partial charge >= 0.3 is 0 Å². The van der Waals surface area contributed by atoms with Gasteiger partial charge in [0.05, 0.1) is 6.33 Å². The maximum Gasteiger partial charge on any atom is 0.167 e. The average Bonchev–Trinajstić information content (AvgIpc) is 2.21. The van der Waals surface area contributed by atoms with Gasteiger partial charge in [0.25, 0.3) is 0 Å². The number of Topliss-reactive ketones (excluding diaryl/α,β-unsaturated/α-hetero) is 1. The molecule has 0 N–H and O–H groups in total. The van der Waals surface area contributed by atoms with Crippen molar-refractivity contribution in [1.82, 2.24) is 0 Å². The van der Waals surface area contributed by atoms with Crippen molar-refractivity contribution in [2.24, 2.45) is 16.7 Å². The van der Waals surface area contributed by atoms with Crippen LogP contribution < -0.4 is 0 Å². The second-order valence-corrected chi connectivity index (χ2v) is 5.59. The predicted octanol–water partition coefficient (Wildman–Crippen LogP) is 3.89. The molecule has 1 nitrogen and oxygen atoms in total. The van der Waals surface area contributed by atoms with Crippen LogP contribution in [0.5, 0.6) is 0 Å². The van der Waals surface area contributed by atoms with Gasteiger partial charge in [-0.3, -0.25) is 4.79 Å². The highest BCUT2D eigenvalue weighted by atomic mass is 19.1. The lowest BCUT2D eigenvalue weighted by molar-refractivity contribution is -0.132. The van der Waals surface area contributed by atoms with Crippen molar-refractivity contribution < 1.29 is 9.18 Å². The summed E-state index contributed by atoms with van der Waals surface area (Å²) in [6.07, 6.45) is 2.05. The molecule has 2 heteroatoms. The van der Waals surface area contributed by atoms with E-state index in [1.54, 1.807) is 0 Å². The van der Waals surface area contributed by atoms with Gasteiger partial charge in [-0.25, -0.2) is 4.39 Å². The average molecular weight is 212 g/mol. The topological polar surface area (TPSA) is 17.1 Å². The zero-order valence-corrected chi connectivity index (χ0v) is 10.4. The summed E-state index contributed by atoms with van der Waals surface area (Å²) in [5, 5.41) is 0. The Hall–Kier alpha value is -0.660. The van der Waals surface area contributed by atoms with E-state index in [9.17, 15) is 9.18 Å². The molecule has 0 aromatic rings. The van der Waals surface area contributed by atoms with Crippen LogP contribution in [0, 0.1) is 16.7 Å². The van der Waals surface area contributed by atoms with Crippen LogP contribution in [0.4, 0.5) is 4.39 Å². The molecule has 1 aliphatic carbocycles. The van der Waals surface area contributed by atoms with E-state index in [0.29, 0.717) is 18.3 Å². The summed E-state index contributed by atoms with van der Waals surface area (Å²) in [6, 6.07) is 0. The van der Waals surface area contributed by atoms with Crippen molar-refractivity contribution >= 4 is 5.78 Å². The maximum absolute atomic E-state index is 12.7. The number of carbonyl (C=O) groups excluding carboxylic acids is 1. The molecule has 1 saturated carbocycles. The summed E-state index contributed by atoms with van der Waals surface area (Å²) in [5.41, 5.74) is -0.0431. The Bertz CT molecular complexity index is 304. The molecule has 1 aliphatic rings. The number of halogens is 1. The van der Waals surface area contributed by atoms with Crippen LogP contribution in [0.2, 0.25) is 0 Å². The SMILES string of the molecule is CCC1(C)CC(=CF)C(=O)C(C)(C)C1C. The Labute approximate surface area is 91.8 Å². The molecule has 0 spiro atoms. The molecular formula is C13H21FO. The number of hydrogen-bond acceptors (Lipinski definition) is 1. The lowest BCUT2D eigenvalue weighted by Gasteiger charge is -2.48. The molecule has 0 saturated heterocycles. The Balaban J connectivity index is 3.18. The molecule has 1 rings (SSSR count). The van der Waals surface area contributed by atoms with E-state index >= 15 is 0 Å². The van der Waals surface area contributed by atoms with Gasteiger partial charge in [-0.05, 0) is 17.8 Å². The van der Waals surface area contributed by atoms with E-state index in [2.05, 4.69) is 20.8 Å². The highest BCUT2D eigenvalue weighted by Crippen LogP contribution is 2.52. The number of ketones is 1. The standard InChI is InChI=1S/C13H21FO/c1-6-13(5)7-10(8-14)11(15)12(3,4)9(13)2/h8-9H,6-7H2,1-5H3. The number of carbonyl (C=O) groups is 1. The first kappa shape index (κ1) is 12.4. The largest absolute Gasteiger partial charge is 0.294 e. The third kappa shape index (κ3) is 1.75. The summed E-state index contributed by atoms with van der Waals surface area (Å²) in [6.45, 7) is 10.2. The molecule has 0 aromatic carbocycles. The maximum atomic E-state index is 12.7. The lowest BCUT2D eigenvalue weighted by Crippen LogP contribution is -2.47. The van der Waals surface area contributed by atoms with Gasteiger partial charge in [-0.15, -0.1) is 0 Å². The molecule has 0 radical (unpaired) electrons. The van der Waals surface area contributed by atoms with Crippen molar-refractivity contribution in [2.75, 3.05) is 0 Å². The van der Waals surface area contributed by atoms with E-state index < -0.39 is 5.41 Å². The zero-order valence-electron chi connectivity index (χ0n) is 10.4. The molecule has 0 heterocycles. The lowest BCUT2D eigenvalue weighted by atomic mass is 9.54. The van der Waals surface area contributed by atoms with Gasteiger partial charge in [0, 0.05) is 11.0 Å². The first-order valence-electron chi connectivity index (χ1n) is 5.63. The second kappa shape index (κ2) is 3.73. The van der Waals surface area contributed by atoms with Crippen LogP contribution in [0.1, 0.15) is 47.5 Å². The van der Waals surface area contributed by atoms with E-state index in [1.807, 2.05) is 13.8 Å². The molecule has 0 amide bonds. The van der Waals surface area contributed by atoms with E-state index in [4.69, 9.17) is 0 Å². The van der Waals surface area contributed by atoms with Crippen molar-refractivity contribution in [3.8, 4) is 0 Å². The summed E-state index contributed by atoms with van der Waals surface area (Å²) >= 11 is 0. The smallest absolute Gasteiger partial charge is 0.167 e. The zero-order chi connectivity index (χ0) is 11.9. The number of rotatable bonds is 1. The molecule has 0 aromatic heterocycles. The Morgan fingerprint density at radius 1 is 1.47 bits per heavy atom. The molecule has 2 unspecified atom stereocenters. The fraction of sp³-hybridized carbons (Fsp3) is 0.769. The fourth-order valence-corrected chi connectivity index (χ4v) is 2.67. The van der Waals surface area contributed by atoms with E-state index in [1.165, 1.54) is 0 Å². The summed E-state index contributed by atoms with van der Waals surface area (Å²) in [5.74, 6) is 0.259. The van der Waals surface area contributed by atoms with Gasteiger partial charge in [0.15, 0.2) is 5.78 Å². The normalized spacial score (nSPS) is 38.4. The van der Waals surface area contributed by atoms with E-state index in [-0.39, 0.29) is 17.1 Å². The van der Waals surface area contributed by atoms with Gasteiger partial charge in [0.1, 0.15) is 0 Å². The molecule has 15 heavy (non-hydrogen) atoms. The Morgan fingerprint density at radius 2 is 2.00 bits per heavy atom. The van der Waals surface area contributed by atoms with Gasteiger partial charge < -0.3 is 0 Å². The second-order valence-electron chi connectivity index (χ2n) is 5.59. The third-order valence-electron chi connectivity index (χ3n) is 4.54. The van der Waals surface area contributed by atoms with Crippen LogP contribution >= 0.6 is 0 Å².